The van der Waals surface area contributed by atoms with Crippen molar-refractivity contribution in [2.45, 2.75) is 22.9 Å². The molecular formula is C29H21FN6O2S. The second-order valence-electron chi connectivity index (χ2n) is 9.14. The maximum atomic E-state index is 14.6. The number of amides is 1. The van der Waals surface area contributed by atoms with Gasteiger partial charge in [0.2, 0.25) is 5.91 Å². The molecule has 4 aromatic rings. The van der Waals surface area contributed by atoms with Crippen LogP contribution in [0.25, 0.3) is 0 Å². The Kier molecular flexibility index (Phi) is 5.93. The van der Waals surface area contributed by atoms with E-state index >= 15 is 0 Å². The number of anilines is 2. The fourth-order valence-corrected chi connectivity index (χ4v) is 6.05. The molecule has 0 radical (unpaired) electrons. The van der Waals surface area contributed by atoms with Gasteiger partial charge in [-0.05, 0) is 17.7 Å². The minimum absolute atomic E-state index is 0.0224. The number of nitrogens with two attached hydrogens (primary N) is 1. The maximum absolute atomic E-state index is 14.6. The topological polar surface area (TPSA) is 128 Å². The lowest BCUT2D eigenvalue weighted by Gasteiger charge is -2.34. The van der Waals surface area contributed by atoms with Gasteiger partial charge in [-0.2, -0.15) is 5.26 Å². The van der Waals surface area contributed by atoms with Gasteiger partial charge in [0.1, 0.15) is 28.9 Å². The first kappa shape index (κ1) is 24.5. The third kappa shape index (κ3) is 3.78. The number of nitrogens with one attached hydrogen (secondary N) is 2. The van der Waals surface area contributed by atoms with Crippen LogP contribution in [-0.2, 0) is 22.5 Å². The molecule has 3 heterocycles. The Labute approximate surface area is 227 Å². The first-order chi connectivity index (χ1) is 18.9. The summed E-state index contributed by atoms with van der Waals surface area (Å²) in [5.74, 6) is -0.462. The highest BCUT2D eigenvalue weighted by Gasteiger charge is 2.60. The van der Waals surface area contributed by atoms with Crippen LogP contribution >= 0.6 is 11.8 Å². The summed E-state index contributed by atoms with van der Waals surface area (Å²) in [6, 6.07) is 24.8. The Bertz CT molecular complexity index is 1760. The molecule has 2 aliphatic rings. The van der Waals surface area contributed by atoms with Gasteiger partial charge in [-0.1, -0.05) is 78.5 Å². The molecule has 4 N–H and O–H groups in total. The molecule has 1 amide bonds. The van der Waals surface area contributed by atoms with Crippen LogP contribution < -0.4 is 21.5 Å². The number of hydrogen-bond acceptors (Lipinski definition) is 7. The minimum Gasteiger partial charge on any atom is -0.384 e. The van der Waals surface area contributed by atoms with Gasteiger partial charge in [0, 0.05) is 22.6 Å². The molecule has 2 aliphatic heterocycles. The summed E-state index contributed by atoms with van der Waals surface area (Å²) in [6.45, 7) is -0.0952. The number of rotatable bonds is 5. The maximum Gasteiger partial charge on any atom is 0.258 e. The molecule has 1 spiro atoms. The van der Waals surface area contributed by atoms with Gasteiger partial charge in [-0.25, -0.2) is 9.37 Å². The van der Waals surface area contributed by atoms with Crippen molar-refractivity contribution in [2.24, 2.45) is 5.73 Å². The molecule has 0 fully saturated rings. The molecule has 0 unspecified atom stereocenters. The van der Waals surface area contributed by atoms with Gasteiger partial charge in [-0.3, -0.25) is 9.59 Å². The predicted octanol–water partition coefficient (Wildman–Crippen LogP) is 4.15. The Morgan fingerprint density at radius 3 is 2.51 bits per heavy atom. The number of nitriles is 1. The van der Waals surface area contributed by atoms with Crippen molar-refractivity contribution in [1.29, 1.82) is 5.26 Å². The van der Waals surface area contributed by atoms with Gasteiger partial charge in [0.15, 0.2) is 5.16 Å². The molecule has 8 nitrogen and oxygen atoms in total. The van der Waals surface area contributed by atoms with Crippen LogP contribution in [0.4, 0.5) is 15.9 Å². The molecule has 0 saturated heterocycles. The lowest BCUT2D eigenvalue weighted by Crippen LogP contribution is -2.49. The first-order valence-corrected chi connectivity index (χ1v) is 13.1. The van der Waals surface area contributed by atoms with Crippen molar-refractivity contribution in [3.8, 4) is 6.07 Å². The molecule has 39 heavy (non-hydrogen) atoms. The van der Waals surface area contributed by atoms with Crippen molar-refractivity contribution in [1.82, 2.24) is 9.97 Å². The number of para-hydroxylation sites is 1. The third-order valence-corrected chi connectivity index (χ3v) is 7.90. The third-order valence-electron chi connectivity index (χ3n) is 6.95. The summed E-state index contributed by atoms with van der Waals surface area (Å²) in [5.41, 5.74) is 5.98. The van der Waals surface area contributed by atoms with E-state index < -0.39 is 22.7 Å². The predicted molar refractivity (Wildman–Crippen MR) is 146 cm³/mol. The van der Waals surface area contributed by atoms with Crippen LogP contribution in [0.5, 0.6) is 0 Å². The van der Waals surface area contributed by atoms with Crippen LogP contribution in [0.1, 0.15) is 22.3 Å². The fraction of sp³-hybridized carbons (Fsp3) is 0.103. The number of nitrogens with zero attached hydrogens (tertiary/aromatic N) is 3. The second kappa shape index (κ2) is 9.45. The van der Waals surface area contributed by atoms with Gasteiger partial charge in [0.25, 0.3) is 5.56 Å². The lowest BCUT2D eigenvalue weighted by atomic mass is 9.69. The number of hydrogen-bond donors (Lipinski definition) is 3. The summed E-state index contributed by atoms with van der Waals surface area (Å²) in [6.07, 6.45) is 0. The van der Waals surface area contributed by atoms with Crippen molar-refractivity contribution in [3.05, 3.63) is 129 Å². The zero-order valence-electron chi connectivity index (χ0n) is 20.4. The number of benzene rings is 3. The average molecular weight is 537 g/mol. The van der Waals surface area contributed by atoms with Gasteiger partial charge < -0.3 is 20.9 Å². The standard InChI is InChI=1S/C29H21FN6O2S/c30-21-12-6-4-10-18(21)15-36-22-13-7-5-11-19(22)29(27(36)38)20(14-31)24(32)33-25-23(29)26(37)35-28(34-25)39-16-17-8-2-1-3-9-17/h1-13H,15-16,32H2,(H2,33,34,35,37)/t29-/m0/s1. The van der Waals surface area contributed by atoms with Crippen LogP contribution in [-0.4, -0.2) is 15.9 Å². The van der Waals surface area contributed by atoms with E-state index in [9.17, 15) is 19.2 Å². The van der Waals surface area contributed by atoms with Crippen molar-refractivity contribution >= 4 is 29.2 Å². The van der Waals surface area contributed by atoms with E-state index in [4.69, 9.17) is 5.73 Å². The number of carbonyl (C=O) groups is 1. The number of aromatic nitrogens is 2. The zero-order chi connectivity index (χ0) is 27.1. The van der Waals surface area contributed by atoms with E-state index in [-0.39, 0.29) is 29.3 Å². The SMILES string of the molecule is N#CC1=C(N)Nc2nc(SCc3ccccc3)[nH]c(=O)c2[C@@]12C(=O)N(Cc1ccccc1F)c1ccccc12. The second-order valence-corrected chi connectivity index (χ2v) is 10.1. The number of aromatic amines is 1. The smallest absolute Gasteiger partial charge is 0.258 e. The quantitative estimate of drug-likeness (QED) is 0.258. The highest BCUT2D eigenvalue weighted by atomic mass is 32.2. The summed E-state index contributed by atoms with van der Waals surface area (Å²) >= 11 is 1.32. The van der Waals surface area contributed by atoms with E-state index in [0.29, 0.717) is 27.7 Å². The first-order valence-electron chi connectivity index (χ1n) is 12.1. The Balaban J connectivity index is 1.51. The normalized spacial score (nSPS) is 17.5. The van der Waals surface area contributed by atoms with Gasteiger partial charge in [-0.15, -0.1) is 0 Å². The highest BCUT2D eigenvalue weighted by molar-refractivity contribution is 7.98. The monoisotopic (exact) mass is 536 g/mol. The summed E-state index contributed by atoms with van der Waals surface area (Å²) in [4.78, 5) is 37.0. The number of thioether (sulfide) groups is 1. The largest absolute Gasteiger partial charge is 0.384 e. The van der Waals surface area contributed by atoms with E-state index in [1.54, 1.807) is 42.5 Å². The Morgan fingerprint density at radius 1 is 1.03 bits per heavy atom. The highest BCUT2D eigenvalue weighted by Crippen LogP contribution is 2.53. The van der Waals surface area contributed by atoms with Gasteiger partial charge >= 0.3 is 0 Å². The van der Waals surface area contributed by atoms with Crippen LogP contribution in [0, 0.1) is 17.1 Å². The van der Waals surface area contributed by atoms with Crippen LogP contribution in [0.2, 0.25) is 0 Å². The number of fused-ring (bicyclic) bond motifs is 4. The molecule has 1 aromatic heterocycles. The van der Waals surface area contributed by atoms with E-state index in [1.165, 1.54) is 22.7 Å². The molecule has 1 atom stereocenters. The lowest BCUT2D eigenvalue weighted by molar-refractivity contribution is -0.120. The van der Waals surface area contributed by atoms with Crippen molar-refractivity contribution in [3.63, 3.8) is 0 Å². The van der Waals surface area contributed by atoms with Gasteiger partial charge in [0.05, 0.1) is 17.7 Å². The average Bonchev–Trinajstić information content (AvgIpc) is 3.17. The van der Waals surface area contributed by atoms with Crippen molar-refractivity contribution < 1.29 is 9.18 Å². The molecule has 0 aliphatic carbocycles. The molecule has 10 heteroatoms. The molecule has 3 aromatic carbocycles. The van der Waals surface area contributed by atoms with Crippen molar-refractivity contribution in [2.75, 3.05) is 10.2 Å². The molecule has 0 bridgehead atoms. The summed E-state index contributed by atoms with van der Waals surface area (Å²) in [7, 11) is 0. The molecule has 0 saturated carbocycles. The minimum atomic E-state index is -1.84. The summed E-state index contributed by atoms with van der Waals surface area (Å²) in [5, 5.41) is 13.4. The fourth-order valence-electron chi connectivity index (χ4n) is 5.24. The zero-order valence-corrected chi connectivity index (χ0v) is 21.3. The van der Waals surface area contributed by atoms with E-state index in [2.05, 4.69) is 21.4 Å². The number of H-pyrrole nitrogens is 1. The molecule has 6 rings (SSSR count). The van der Waals surface area contributed by atoms with Crippen LogP contribution in [0.3, 0.4) is 0 Å². The van der Waals surface area contributed by atoms with E-state index in [1.807, 2.05) is 30.3 Å². The van der Waals surface area contributed by atoms with Crippen LogP contribution in [0.15, 0.2) is 100 Å². The molecular weight excluding hydrogens is 515 g/mol. The number of halogens is 1. The Morgan fingerprint density at radius 2 is 1.74 bits per heavy atom. The summed E-state index contributed by atoms with van der Waals surface area (Å²) < 4.78 is 14.6. The Hall–Kier alpha value is -4.88. The molecule has 192 valence electrons. The number of carbonyl (C=O) groups excluding carboxylic acids is 1. The van der Waals surface area contributed by atoms with E-state index in [0.717, 1.165) is 5.56 Å².